The molecule has 32 heavy (non-hydrogen) atoms. The first-order chi connectivity index (χ1) is 15.6. The lowest BCUT2D eigenvalue weighted by molar-refractivity contribution is -0.137. The molecule has 0 bridgehead atoms. The molecule has 0 saturated heterocycles. The Hall–Kier alpha value is -2.46. The maximum absolute atomic E-state index is 10.8. The number of hydrogen-bond donors (Lipinski definition) is 2. The molecule has 0 spiro atoms. The minimum Gasteiger partial charge on any atom is -0.481 e. The van der Waals surface area contributed by atoms with Crippen molar-refractivity contribution in [2.75, 3.05) is 5.32 Å². The Morgan fingerprint density at radius 1 is 1.22 bits per heavy atom. The number of benzene rings is 1. The van der Waals surface area contributed by atoms with Crippen molar-refractivity contribution < 1.29 is 9.90 Å². The third kappa shape index (κ3) is 4.96. The number of imidazole rings is 1. The van der Waals surface area contributed by atoms with Crippen molar-refractivity contribution >= 4 is 62.3 Å². The average Bonchev–Trinajstić information content (AvgIpc) is 3.24. The number of nitrogens with zero attached hydrogens (tertiary/aromatic N) is 6. The molecule has 3 aromatic heterocycles. The van der Waals surface area contributed by atoms with Crippen LogP contribution in [0.25, 0.3) is 22.1 Å². The van der Waals surface area contributed by atoms with Gasteiger partial charge in [-0.25, -0.2) is 24.9 Å². The van der Waals surface area contributed by atoms with Gasteiger partial charge >= 0.3 is 5.97 Å². The minimum atomic E-state index is -0.768. The number of aliphatic carboxylic acids is 1. The first-order valence-electron chi connectivity index (χ1n) is 10.4. The van der Waals surface area contributed by atoms with Gasteiger partial charge in [-0.05, 0) is 53.8 Å². The molecule has 0 aliphatic carbocycles. The highest BCUT2D eigenvalue weighted by atomic mass is 127. The first kappa shape index (κ1) is 22.7. The van der Waals surface area contributed by atoms with Gasteiger partial charge in [-0.1, -0.05) is 25.1 Å². The van der Waals surface area contributed by atoms with Gasteiger partial charge in [-0.2, -0.15) is 0 Å². The van der Waals surface area contributed by atoms with E-state index < -0.39 is 5.97 Å². The third-order valence-corrected chi connectivity index (χ3v) is 7.28. The Bertz CT molecular complexity index is 1250. The topological polar surface area (TPSA) is 119 Å². The summed E-state index contributed by atoms with van der Waals surface area (Å²) in [5.41, 5.74) is 3.35. The first-order valence-corrected chi connectivity index (χ1v) is 14.5. The van der Waals surface area contributed by atoms with Gasteiger partial charge in [0.1, 0.15) is 12.7 Å². The predicted octanol–water partition coefficient (Wildman–Crippen LogP) is 4.92. The molecule has 1 unspecified atom stereocenters. The van der Waals surface area contributed by atoms with Gasteiger partial charge in [0.15, 0.2) is 22.8 Å². The number of para-hydroxylation sites is 1. The summed E-state index contributed by atoms with van der Waals surface area (Å²) in [5, 5.41) is 13.4. The molecule has 0 aliphatic heterocycles. The predicted molar refractivity (Wildman–Crippen MR) is 134 cm³/mol. The Kier molecular flexibility index (Phi) is 7.41. The lowest BCUT2D eigenvalue weighted by atomic mass is 10.1. The Morgan fingerprint density at radius 2 is 2.06 bits per heavy atom. The summed E-state index contributed by atoms with van der Waals surface area (Å²) in [6.07, 6.45) is 6.84. The van der Waals surface area contributed by atoms with Crippen LogP contribution in [0.1, 0.15) is 50.2 Å². The lowest BCUT2D eigenvalue weighted by Crippen LogP contribution is -2.16. The zero-order chi connectivity index (χ0) is 22.5. The number of halogens is 1. The summed E-state index contributed by atoms with van der Waals surface area (Å²) < 4.78 is 1.99. The van der Waals surface area contributed by atoms with Crippen molar-refractivity contribution in [3.63, 3.8) is 0 Å². The number of fused-ring (bicyclic) bond motifs is 2. The second-order valence-corrected chi connectivity index (χ2v) is 9.44. The largest absolute Gasteiger partial charge is 0.481 e. The molecule has 0 fully saturated rings. The van der Waals surface area contributed by atoms with Gasteiger partial charge in [0, 0.05) is 11.8 Å². The molecule has 9 nitrogen and oxygen atoms in total. The van der Waals surface area contributed by atoms with Gasteiger partial charge in [0.05, 0.1) is 23.6 Å². The van der Waals surface area contributed by atoms with E-state index in [1.807, 2.05) is 28.6 Å². The number of carbonyl (C=O) groups is 1. The van der Waals surface area contributed by atoms with E-state index >= 15 is 0 Å². The summed E-state index contributed by atoms with van der Waals surface area (Å²) in [4.78, 5) is 33.8. The molecule has 0 amide bonds. The lowest BCUT2D eigenvalue weighted by Gasteiger charge is -2.18. The van der Waals surface area contributed by atoms with Gasteiger partial charge in [0.2, 0.25) is 0 Å². The zero-order valence-corrected chi connectivity index (χ0v) is 20.7. The maximum Gasteiger partial charge on any atom is 0.303 e. The van der Waals surface area contributed by atoms with E-state index in [-0.39, 0.29) is 12.5 Å². The van der Waals surface area contributed by atoms with E-state index in [9.17, 15) is 4.79 Å². The number of rotatable bonds is 10. The van der Waals surface area contributed by atoms with Gasteiger partial charge in [0.25, 0.3) is 0 Å². The molecule has 0 saturated carbocycles. The van der Waals surface area contributed by atoms with Gasteiger partial charge < -0.3 is 10.4 Å². The fraction of sp³-hybridized carbons (Fsp3) is 0.333. The van der Waals surface area contributed by atoms with Crippen LogP contribution in [0.5, 0.6) is 0 Å². The number of unbranched alkanes of at least 4 members (excludes halogenated alkanes) is 1. The number of aryl methyl sites for hydroxylation is 1. The number of aromatic nitrogens is 6. The van der Waals surface area contributed by atoms with Crippen LogP contribution < -0.4 is 5.32 Å². The number of anilines is 1. The molecule has 11 heteroatoms. The van der Waals surface area contributed by atoms with E-state index in [1.165, 1.54) is 0 Å². The summed E-state index contributed by atoms with van der Waals surface area (Å²) in [6.45, 7) is 2.08. The zero-order valence-electron chi connectivity index (χ0n) is 17.5. The van der Waals surface area contributed by atoms with Crippen molar-refractivity contribution in [2.45, 2.75) is 45.1 Å². The van der Waals surface area contributed by atoms with Gasteiger partial charge in [-0.15, -0.1) is 0 Å². The van der Waals surface area contributed by atoms with Crippen molar-refractivity contribution in [3.05, 3.63) is 48.4 Å². The summed E-state index contributed by atoms with van der Waals surface area (Å²) >= 11 is 2.30. The number of carboxylic acids is 1. The van der Waals surface area contributed by atoms with E-state index in [4.69, 9.17) is 15.1 Å². The molecule has 2 atom stereocenters. The quantitative estimate of drug-likeness (QED) is 0.159. The van der Waals surface area contributed by atoms with Crippen LogP contribution in [0, 0.1) is 0 Å². The molecule has 3 heterocycles. The molecule has 166 valence electrons. The SMILES string of the molecule is CC[C@H](Nc1ncnc2c1ncn2PI)c1nc(CCCCC(=O)O)c2ccccc2n1. The van der Waals surface area contributed by atoms with E-state index in [2.05, 4.69) is 49.2 Å². The molecule has 0 aliphatic rings. The van der Waals surface area contributed by atoms with Gasteiger partial charge in [-0.3, -0.25) is 9.13 Å². The van der Waals surface area contributed by atoms with Crippen LogP contribution in [-0.4, -0.2) is 40.3 Å². The van der Waals surface area contributed by atoms with Crippen LogP contribution in [0.3, 0.4) is 0 Å². The molecule has 4 rings (SSSR count). The van der Waals surface area contributed by atoms with E-state index in [1.54, 1.807) is 12.7 Å². The number of nitrogens with one attached hydrogen (secondary N) is 1. The average molecular weight is 563 g/mol. The monoisotopic (exact) mass is 563 g/mol. The van der Waals surface area contributed by atoms with Crippen LogP contribution in [0.2, 0.25) is 0 Å². The standard InChI is InChI=1S/C21H23IN7O2P/c1-2-14(26-20-18-21(24-11-23-20)29(32-22)12-25-18)19-27-15-8-4-3-7-13(15)16(28-19)9-5-6-10-17(30)31/h3-4,7-8,11-12,14,32H,2,5-6,9-10H2,1H3,(H,30,31)(H,23,24,26)/t14-/m0/s1. The number of hydrogen-bond acceptors (Lipinski definition) is 7. The highest BCUT2D eigenvalue weighted by molar-refractivity contribution is 14.2. The van der Waals surface area contributed by atoms with E-state index in [0.717, 1.165) is 40.6 Å². The van der Waals surface area contributed by atoms with Crippen molar-refractivity contribution in [1.82, 2.24) is 29.3 Å². The molecular formula is C21H23IN7O2P. The fourth-order valence-electron chi connectivity index (χ4n) is 3.59. The Morgan fingerprint density at radius 3 is 2.84 bits per heavy atom. The molecule has 4 aromatic rings. The fourth-order valence-corrected chi connectivity index (χ4v) is 5.00. The minimum absolute atomic E-state index is 0.150. The van der Waals surface area contributed by atoms with Crippen LogP contribution >= 0.6 is 28.4 Å². The van der Waals surface area contributed by atoms with Crippen LogP contribution in [0.4, 0.5) is 5.82 Å². The van der Waals surface area contributed by atoms with Crippen molar-refractivity contribution in [1.29, 1.82) is 0 Å². The summed E-state index contributed by atoms with van der Waals surface area (Å²) in [5.74, 6) is 0.589. The van der Waals surface area contributed by atoms with Crippen LogP contribution in [0.15, 0.2) is 36.9 Å². The molecule has 0 radical (unpaired) electrons. The maximum atomic E-state index is 10.8. The molecule has 2 N–H and O–H groups in total. The smallest absolute Gasteiger partial charge is 0.303 e. The second kappa shape index (κ2) is 10.4. The van der Waals surface area contributed by atoms with Crippen molar-refractivity contribution in [3.8, 4) is 0 Å². The number of carboxylic acid groups (broad SMARTS) is 1. The highest BCUT2D eigenvalue weighted by Gasteiger charge is 2.19. The van der Waals surface area contributed by atoms with Crippen molar-refractivity contribution in [2.24, 2.45) is 0 Å². The molecule has 1 aromatic carbocycles. The van der Waals surface area contributed by atoms with Crippen LogP contribution in [-0.2, 0) is 11.2 Å². The second-order valence-electron chi connectivity index (χ2n) is 7.35. The normalized spacial score (nSPS) is 12.7. The van der Waals surface area contributed by atoms with E-state index in [0.29, 0.717) is 30.9 Å². The highest BCUT2D eigenvalue weighted by Crippen LogP contribution is 2.31. The Balaban J connectivity index is 1.65. The third-order valence-electron chi connectivity index (χ3n) is 5.21. The molecular weight excluding hydrogens is 540 g/mol. The summed E-state index contributed by atoms with van der Waals surface area (Å²) in [6, 6.07) is 7.80. The Labute approximate surface area is 199 Å². The summed E-state index contributed by atoms with van der Waals surface area (Å²) in [7, 11) is 0.